The summed E-state index contributed by atoms with van der Waals surface area (Å²) in [5, 5.41) is 0. The van der Waals surface area contributed by atoms with Gasteiger partial charge in [0.1, 0.15) is 11.6 Å². The fraction of sp³-hybridized carbons (Fsp3) is 0.0714. The van der Waals surface area contributed by atoms with E-state index in [9.17, 15) is 0 Å². The first-order chi connectivity index (χ1) is 9.43. The number of ether oxygens (including phenoxy) is 1. The van der Waals surface area contributed by atoms with E-state index in [-0.39, 0.29) is 0 Å². The van der Waals surface area contributed by atoms with Gasteiger partial charge in [-0.15, -0.1) is 0 Å². The monoisotopic (exact) mass is 250 g/mol. The lowest BCUT2D eigenvalue weighted by Crippen LogP contribution is -2.14. The normalized spacial score (nSPS) is 12.4. The number of imidazole rings is 1. The van der Waals surface area contributed by atoms with E-state index in [2.05, 4.69) is 15.0 Å². The van der Waals surface area contributed by atoms with Crippen LogP contribution in [0, 0.1) is 0 Å². The van der Waals surface area contributed by atoms with Crippen molar-refractivity contribution in [2.75, 3.05) is 0 Å². The zero-order valence-corrected chi connectivity index (χ0v) is 10.0. The number of aromatic nitrogens is 4. The summed E-state index contributed by atoms with van der Waals surface area (Å²) in [5.41, 5.74) is 2.94. The molecule has 3 aromatic rings. The highest BCUT2D eigenvalue weighted by molar-refractivity contribution is 5.69. The summed E-state index contributed by atoms with van der Waals surface area (Å²) in [5.74, 6) is 1.71. The van der Waals surface area contributed by atoms with Gasteiger partial charge in [0.2, 0.25) is 0 Å². The summed E-state index contributed by atoms with van der Waals surface area (Å²) in [6.45, 7) is 0.455. The molecule has 3 aromatic heterocycles. The maximum absolute atomic E-state index is 5.73. The Bertz CT molecular complexity index is 723. The van der Waals surface area contributed by atoms with Gasteiger partial charge in [-0.2, -0.15) is 0 Å². The van der Waals surface area contributed by atoms with Crippen molar-refractivity contribution in [1.29, 1.82) is 0 Å². The summed E-state index contributed by atoms with van der Waals surface area (Å²) in [7, 11) is 0. The predicted molar refractivity (Wildman–Crippen MR) is 69.3 cm³/mol. The van der Waals surface area contributed by atoms with Crippen molar-refractivity contribution in [2.24, 2.45) is 0 Å². The molecule has 4 heterocycles. The molecule has 0 aromatic carbocycles. The van der Waals surface area contributed by atoms with Crippen molar-refractivity contribution in [2.45, 2.75) is 6.73 Å². The summed E-state index contributed by atoms with van der Waals surface area (Å²) in [6.07, 6.45) is 8.92. The Balaban J connectivity index is 1.91. The van der Waals surface area contributed by atoms with Crippen LogP contribution in [-0.4, -0.2) is 19.5 Å². The molecule has 5 nitrogen and oxygen atoms in total. The molecule has 0 N–H and O–H groups in total. The van der Waals surface area contributed by atoms with Crippen LogP contribution >= 0.6 is 0 Å². The van der Waals surface area contributed by atoms with Gasteiger partial charge in [-0.05, 0) is 18.2 Å². The van der Waals surface area contributed by atoms with Crippen LogP contribution in [0.3, 0.4) is 0 Å². The molecule has 0 aliphatic carbocycles. The standard InChI is InChI=1S/C14H10N4O/c1-2-10(6-15-4-1)12-8-17-14-11-7-16-5-3-13(11)19-9-18(12)14/h1-8H,9H2. The van der Waals surface area contributed by atoms with Crippen molar-refractivity contribution in [1.82, 2.24) is 19.5 Å². The van der Waals surface area contributed by atoms with Crippen molar-refractivity contribution in [3.8, 4) is 28.4 Å². The molecule has 0 saturated heterocycles. The number of nitrogens with zero attached hydrogens (tertiary/aromatic N) is 4. The summed E-state index contributed by atoms with van der Waals surface area (Å²) in [6, 6.07) is 5.78. The number of rotatable bonds is 1. The summed E-state index contributed by atoms with van der Waals surface area (Å²) in [4.78, 5) is 12.8. The van der Waals surface area contributed by atoms with Gasteiger partial charge >= 0.3 is 0 Å². The molecule has 1 aliphatic rings. The highest BCUT2D eigenvalue weighted by Gasteiger charge is 2.21. The predicted octanol–water partition coefficient (Wildman–Crippen LogP) is 2.36. The maximum atomic E-state index is 5.73. The van der Waals surface area contributed by atoms with Gasteiger partial charge in [0.05, 0.1) is 17.5 Å². The summed E-state index contributed by atoms with van der Waals surface area (Å²) < 4.78 is 7.76. The second-order valence-electron chi connectivity index (χ2n) is 4.28. The smallest absolute Gasteiger partial charge is 0.167 e. The fourth-order valence-corrected chi connectivity index (χ4v) is 2.28. The van der Waals surface area contributed by atoms with Gasteiger partial charge < -0.3 is 4.74 Å². The van der Waals surface area contributed by atoms with Gasteiger partial charge in [0, 0.05) is 30.4 Å². The van der Waals surface area contributed by atoms with E-state index < -0.39 is 0 Å². The zero-order chi connectivity index (χ0) is 12.7. The molecule has 0 bridgehead atoms. The van der Waals surface area contributed by atoms with Crippen molar-refractivity contribution in [3.63, 3.8) is 0 Å². The van der Waals surface area contributed by atoms with E-state index in [4.69, 9.17) is 4.74 Å². The topological polar surface area (TPSA) is 52.8 Å². The molecule has 5 heteroatoms. The van der Waals surface area contributed by atoms with Crippen LogP contribution in [0.5, 0.6) is 5.75 Å². The fourth-order valence-electron chi connectivity index (χ4n) is 2.28. The zero-order valence-electron chi connectivity index (χ0n) is 10.0. The number of hydrogen-bond donors (Lipinski definition) is 0. The van der Waals surface area contributed by atoms with Crippen LogP contribution in [0.15, 0.2) is 49.2 Å². The molecule has 0 fully saturated rings. The van der Waals surface area contributed by atoms with Crippen LogP contribution in [0.2, 0.25) is 0 Å². The number of hydrogen-bond acceptors (Lipinski definition) is 4. The Morgan fingerprint density at radius 1 is 1.05 bits per heavy atom. The minimum Gasteiger partial charge on any atom is -0.472 e. The Morgan fingerprint density at radius 3 is 2.89 bits per heavy atom. The van der Waals surface area contributed by atoms with Gasteiger partial charge in [0.25, 0.3) is 0 Å². The molecule has 0 unspecified atom stereocenters. The Kier molecular flexibility index (Phi) is 2.11. The third-order valence-corrected chi connectivity index (χ3v) is 3.18. The second kappa shape index (κ2) is 3.91. The minimum absolute atomic E-state index is 0.455. The van der Waals surface area contributed by atoms with Crippen molar-refractivity contribution < 1.29 is 4.74 Å². The first-order valence-electron chi connectivity index (χ1n) is 5.96. The first-order valence-corrected chi connectivity index (χ1v) is 5.96. The maximum Gasteiger partial charge on any atom is 0.167 e. The van der Waals surface area contributed by atoms with E-state index in [1.54, 1.807) is 18.6 Å². The first kappa shape index (κ1) is 10.3. The lowest BCUT2D eigenvalue weighted by Gasteiger charge is -2.20. The lowest BCUT2D eigenvalue weighted by molar-refractivity contribution is 0.231. The van der Waals surface area contributed by atoms with E-state index in [0.717, 1.165) is 28.4 Å². The van der Waals surface area contributed by atoms with Gasteiger partial charge in [-0.1, -0.05) is 0 Å². The van der Waals surface area contributed by atoms with Gasteiger partial charge in [0.15, 0.2) is 6.73 Å². The van der Waals surface area contributed by atoms with E-state index >= 15 is 0 Å². The number of fused-ring (bicyclic) bond motifs is 3. The molecular weight excluding hydrogens is 240 g/mol. The molecule has 4 rings (SSSR count). The van der Waals surface area contributed by atoms with Crippen LogP contribution in [-0.2, 0) is 6.73 Å². The van der Waals surface area contributed by atoms with Crippen LogP contribution in [0.4, 0.5) is 0 Å². The summed E-state index contributed by atoms with van der Waals surface area (Å²) >= 11 is 0. The molecular formula is C14H10N4O. The highest BCUT2D eigenvalue weighted by atomic mass is 16.5. The van der Waals surface area contributed by atoms with Crippen LogP contribution < -0.4 is 4.74 Å². The molecule has 92 valence electrons. The molecule has 0 atom stereocenters. The Labute approximate surface area is 109 Å². The Hall–Kier alpha value is -2.69. The second-order valence-corrected chi connectivity index (χ2v) is 4.28. The van der Waals surface area contributed by atoms with E-state index in [1.165, 1.54) is 0 Å². The Morgan fingerprint density at radius 2 is 2.00 bits per heavy atom. The van der Waals surface area contributed by atoms with E-state index in [0.29, 0.717) is 6.73 Å². The number of pyridine rings is 2. The van der Waals surface area contributed by atoms with Crippen molar-refractivity contribution in [3.05, 3.63) is 49.2 Å². The molecule has 0 spiro atoms. The molecule has 0 amide bonds. The average Bonchev–Trinajstić information content (AvgIpc) is 2.92. The molecule has 0 radical (unpaired) electrons. The highest BCUT2D eigenvalue weighted by Crippen LogP contribution is 2.35. The van der Waals surface area contributed by atoms with E-state index in [1.807, 2.05) is 35.2 Å². The molecule has 1 aliphatic heterocycles. The quantitative estimate of drug-likeness (QED) is 0.665. The minimum atomic E-state index is 0.455. The van der Waals surface area contributed by atoms with Crippen LogP contribution in [0.25, 0.3) is 22.6 Å². The largest absolute Gasteiger partial charge is 0.472 e. The average molecular weight is 250 g/mol. The van der Waals surface area contributed by atoms with Crippen molar-refractivity contribution >= 4 is 0 Å². The lowest BCUT2D eigenvalue weighted by atomic mass is 10.2. The van der Waals surface area contributed by atoms with Crippen LogP contribution in [0.1, 0.15) is 0 Å². The SMILES string of the molecule is c1cncc(-c2cnc3n2COc2ccncc2-3)c1. The third-order valence-electron chi connectivity index (χ3n) is 3.18. The molecule has 19 heavy (non-hydrogen) atoms. The molecule has 0 saturated carbocycles. The third kappa shape index (κ3) is 1.52. The van der Waals surface area contributed by atoms with Gasteiger partial charge in [-0.25, -0.2) is 4.98 Å². The van der Waals surface area contributed by atoms with Gasteiger partial charge in [-0.3, -0.25) is 14.5 Å².